The van der Waals surface area contributed by atoms with Crippen LogP contribution < -0.4 is 19.8 Å². The first kappa shape index (κ1) is 35.6. The van der Waals surface area contributed by atoms with Crippen molar-refractivity contribution in [1.29, 1.82) is 0 Å². The second-order valence-electron chi connectivity index (χ2n) is 13.8. The van der Waals surface area contributed by atoms with Gasteiger partial charge in [-0.15, -0.1) is 0 Å². The van der Waals surface area contributed by atoms with Gasteiger partial charge in [0.2, 0.25) is 5.78 Å². The molecule has 47 heavy (non-hydrogen) atoms. The summed E-state index contributed by atoms with van der Waals surface area (Å²) in [5.74, 6) is 0.517. The van der Waals surface area contributed by atoms with Crippen LogP contribution in [0.2, 0.25) is 5.04 Å². The minimum Gasteiger partial charge on any atom is -0.486 e. The first-order valence-electron chi connectivity index (χ1n) is 16.3. The summed E-state index contributed by atoms with van der Waals surface area (Å²) in [6.45, 7) is 14.6. The molecule has 0 aliphatic heterocycles. The van der Waals surface area contributed by atoms with E-state index in [2.05, 4.69) is 81.4 Å². The number of hydrogen-bond donors (Lipinski definition) is 0. The Kier molecular flexibility index (Phi) is 11.8. The molecule has 248 valence electrons. The number of aryl methyl sites for hydroxylation is 1. The third-order valence-electron chi connectivity index (χ3n) is 7.90. The zero-order valence-electron chi connectivity index (χ0n) is 28.7. The number of Topliss-reactive ketones (excluding diaryl/α,β-unsaturated/α-hetero) is 1. The highest BCUT2D eigenvalue weighted by atomic mass is 28.4. The summed E-state index contributed by atoms with van der Waals surface area (Å²) in [5.41, 5.74) is 1.03. The largest absolute Gasteiger partial charge is 0.486 e. The highest BCUT2D eigenvalue weighted by Gasteiger charge is 2.49. The van der Waals surface area contributed by atoms with Crippen molar-refractivity contribution in [2.75, 3.05) is 13.2 Å². The van der Waals surface area contributed by atoms with Gasteiger partial charge in [0.05, 0.1) is 5.56 Å². The van der Waals surface area contributed by atoms with E-state index in [1.165, 1.54) is 15.9 Å². The number of carbonyl (C=O) groups excluding carboxylic acids is 2. The van der Waals surface area contributed by atoms with Crippen molar-refractivity contribution in [1.82, 2.24) is 0 Å². The van der Waals surface area contributed by atoms with Gasteiger partial charge in [-0.05, 0) is 97.9 Å². The van der Waals surface area contributed by atoms with E-state index in [0.717, 1.165) is 12.8 Å². The molecule has 6 nitrogen and oxygen atoms in total. The zero-order valence-corrected chi connectivity index (χ0v) is 29.7. The molecule has 4 rings (SSSR count). The molecule has 7 heteroatoms. The summed E-state index contributed by atoms with van der Waals surface area (Å²) in [4.78, 5) is 24.9. The van der Waals surface area contributed by atoms with E-state index in [0.29, 0.717) is 23.7 Å². The fourth-order valence-corrected chi connectivity index (χ4v) is 10.2. The number of ether oxygens (including phenoxy) is 3. The predicted octanol–water partition coefficient (Wildman–Crippen LogP) is 7.57. The molecule has 0 fully saturated rings. The number of benzene rings is 4. The third-order valence-corrected chi connectivity index (χ3v) is 12.9. The number of esters is 1. The van der Waals surface area contributed by atoms with Gasteiger partial charge in [0.15, 0.2) is 12.7 Å². The smallest absolute Gasteiger partial charge is 0.338 e. The van der Waals surface area contributed by atoms with Gasteiger partial charge < -0.3 is 18.6 Å². The molecular formula is C40H48O6Si. The van der Waals surface area contributed by atoms with Gasteiger partial charge in [-0.1, -0.05) is 93.6 Å². The Labute approximate surface area is 281 Å². The summed E-state index contributed by atoms with van der Waals surface area (Å²) < 4.78 is 24.0. The molecule has 4 aromatic rings. The quantitative estimate of drug-likeness (QED) is 0.0795. The van der Waals surface area contributed by atoms with Crippen LogP contribution in [0.1, 0.15) is 70.8 Å². The van der Waals surface area contributed by atoms with Crippen molar-refractivity contribution < 1.29 is 28.2 Å². The van der Waals surface area contributed by atoms with Crippen LogP contribution in [0.15, 0.2) is 109 Å². The van der Waals surface area contributed by atoms with E-state index in [1.807, 2.05) is 45.0 Å². The van der Waals surface area contributed by atoms with Gasteiger partial charge in [-0.2, -0.15) is 0 Å². The van der Waals surface area contributed by atoms with Gasteiger partial charge in [0.25, 0.3) is 8.32 Å². The highest BCUT2D eigenvalue weighted by Crippen LogP contribution is 2.37. The van der Waals surface area contributed by atoms with Crippen molar-refractivity contribution in [3.63, 3.8) is 0 Å². The van der Waals surface area contributed by atoms with Crippen LogP contribution in [-0.4, -0.2) is 45.0 Å². The molecule has 0 aliphatic rings. The fraction of sp³-hybridized carbons (Fsp3) is 0.350. The van der Waals surface area contributed by atoms with Crippen LogP contribution in [0.25, 0.3) is 0 Å². The SMILES string of the molecule is CC(Oc1ccc(CCCO[Si](c2ccccc2)(c2ccccc2)C(C)(C)C)cc1)C(=O)COc1ccc(C(=O)OC(C)(C)C)cc1. The van der Waals surface area contributed by atoms with Gasteiger partial charge in [0.1, 0.15) is 17.1 Å². The molecule has 0 N–H and O–H groups in total. The van der Waals surface area contributed by atoms with E-state index in [1.54, 1.807) is 31.2 Å². The number of carbonyl (C=O) groups is 2. The highest BCUT2D eigenvalue weighted by molar-refractivity contribution is 6.99. The molecule has 0 saturated heterocycles. The lowest BCUT2D eigenvalue weighted by Gasteiger charge is -2.43. The molecule has 0 aromatic heterocycles. The molecule has 0 spiro atoms. The lowest BCUT2D eigenvalue weighted by atomic mass is 10.1. The van der Waals surface area contributed by atoms with E-state index in [4.69, 9.17) is 18.6 Å². The fourth-order valence-electron chi connectivity index (χ4n) is 5.56. The topological polar surface area (TPSA) is 71.1 Å². The predicted molar refractivity (Wildman–Crippen MR) is 191 cm³/mol. The normalized spacial score (nSPS) is 12.7. The first-order valence-corrected chi connectivity index (χ1v) is 18.2. The summed E-state index contributed by atoms with van der Waals surface area (Å²) >= 11 is 0. The molecule has 0 bridgehead atoms. The Hall–Kier alpha value is -4.20. The van der Waals surface area contributed by atoms with Crippen LogP contribution in [0.3, 0.4) is 0 Å². The van der Waals surface area contributed by atoms with Crippen LogP contribution in [0.5, 0.6) is 11.5 Å². The second kappa shape index (κ2) is 15.6. The maximum Gasteiger partial charge on any atom is 0.338 e. The van der Waals surface area contributed by atoms with Crippen molar-refractivity contribution in [2.45, 2.75) is 78.1 Å². The van der Waals surface area contributed by atoms with Crippen molar-refractivity contribution in [2.24, 2.45) is 0 Å². The maximum atomic E-state index is 12.7. The molecule has 1 atom stereocenters. The molecule has 0 heterocycles. The summed E-state index contributed by atoms with van der Waals surface area (Å²) in [6, 6.07) is 35.8. The standard InChI is InChI=1S/C40H48O6Si/c1-30(37(41)29-43-33-26-22-32(23-27-33)38(42)46-39(2,3)4)45-34-24-20-31(21-25-34)15-14-28-44-47(40(5,6)7,35-16-10-8-11-17-35)36-18-12-9-13-19-36/h8-13,16-27,30H,14-15,28-29H2,1-7H3. The minimum absolute atomic E-state index is 0.0553. The number of rotatable bonds is 14. The minimum atomic E-state index is -2.55. The van der Waals surface area contributed by atoms with Crippen molar-refractivity contribution >= 4 is 30.4 Å². The Morgan fingerprint density at radius 2 is 1.23 bits per heavy atom. The molecule has 1 unspecified atom stereocenters. The van der Waals surface area contributed by atoms with E-state index in [-0.39, 0.29) is 17.4 Å². The van der Waals surface area contributed by atoms with Crippen LogP contribution in [0.4, 0.5) is 0 Å². The van der Waals surface area contributed by atoms with Gasteiger partial charge in [-0.25, -0.2) is 4.79 Å². The van der Waals surface area contributed by atoms with E-state index in [9.17, 15) is 9.59 Å². The molecule has 0 radical (unpaired) electrons. The third kappa shape index (κ3) is 9.66. The second-order valence-corrected chi connectivity index (χ2v) is 18.1. The monoisotopic (exact) mass is 652 g/mol. The van der Waals surface area contributed by atoms with Gasteiger partial charge in [0, 0.05) is 6.61 Å². The van der Waals surface area contributed by atoms with Gasteiger partial charge >= 0.3 is 5.97 Å². The molecular weight excluding hydrogens is 605 g/mol. The summed E-state index contributed by atoms with van der Waals surface area (Å²) in [7, 11) is -2.55. The Morgan fingerprint density at radius 1 is 0.702 bits per heavy atom. The molecule has 0 saturated carbocycles. The first-order chi connectivity index (χ1) is 22.3. The number of ketones is 1. The Bertz CT molecular complexity index is 1530. The van der Waals surface area contributed by atoms with Crippen molar-refractivity contribution in [3.05, 3.63) is 120 Å². The zero-order chi connectivity index (χ0) is 34.1. The Morgan fingerprint density at radius 3 is 1.74 bits per heavy atom. The number of hydrogen-bond acceptors (Lipinski definition) is 6. The molecule has 0 aliphatic carbocycles. The van der Waals surface area contributed by atoms with Crippen molar-refractivity contribution in [3.8, 4) is 11.5 Å². The van der Waals surface area contributed by atoms with Gasteiger partial charge in [-0.3, -0.25) is 4.79 Å². The van der Waals surface area contributed by atoms with Crippen LogP contribution >= 0.6 is 0 Å². The average molecular weight is 653 g/mol. The molecule has 4 aromatic carbocycles. The summed E-state index contributed by atoms with van der Waals surface area (Å²) in [6.07, 6.45) is 1.07. The Balaban J connectivity index is 1.28. The lowest BCUT2D eigenvalue weighted by Crippen LogP contribution is -2.66. The van der Waals surface area contributed by atoms with E-state index >= 15 is 0 Å². The van der Waals surface area contributed by atoms with Crippen LogP contribution in [0, 0.1) is 0 Å². The summed E-state index contributed by atoms with van der Waals surface area (Å²) in [5, 5.41) is 2.51. The van der Waals surface area contributed by atoms with E-state index < -0.39 is 26.0 Å². The van der Waals surface area contributed by atoms with Crippen LogP contribution in [-0.2, 0) is 20.4 Å². The lowest BCUT2D eigenvalue weighted by molar-refractivity contribution is -0.127. The maximum absolute atomic E-state index is 12.7. The molecule has 0 amide bonds. The average Bonchev–Trinajstić information content (AvgIpc) is 3.04.